The molecule has 0 aliphatic carbocycles. The van der Waals surface area contributed by atoms with E-state index >= 15 is 0 Å². The molecule has 1 N–H and O–H groups in total. The maximum absolute atomic E-state index is 10.4. The Hall–Kier alpha value is 0.951. The summed E-state index contributed by atoms with van der Waals surface area (Å²) < 4.78 is 0. The fourth-order valence-electron chi connectivity index (χ4n) is 3.71. The molecule has 0 rings (SSSR count). The van der Waals surface area contributed by atoms with Gasteiger partial charge >= 0.3 is 5.97 Å². The van der Waals surface area contributed by atoms with Crippen molar-refractivity contribution < 1.29 is 9.90 Å². The van der Waals surface area contributed by atoms with Crippen molar-refractivity contribution >= 4 is 51.5 Å². The second-order valence-electron chi connectivity index (χ2n) is 8.21. The van der Waals surface area contributed by atoms with E-state index in [2.05, 4.69) is 6.92 Å². The number of hydrogen-bond acceptors (Lipinski definition) is 1. The van der Waals surface area contributed by atoms with E-state index in [-0.39, 0.29) is 45.5 Å². The molecule has 0 heterocycles. The van der Waals surface area contributed by atoms with Gasteiger partial charge in [0.1, 0.15) is 0 Å². The summed E-state index contributed by atoms with van der Waals surface area (Å²) in [6.45, 7) is 2.29. The van der Waals surface area contributed by atoms with E-state index in [0.717, 1.165) is 12.8 Å². The molecule has 0 aliphatic rings. The maximum atomic E-state index is 10.4. The van der Waals surface area contributed by atoms with Crippen molar-refractivity contribution in [2.24, 2.45) is 0 Å². The van der Waals surface area contributed by atoms with Gasteiger partial charge in [0.25, 0.3) is 0 Å². The number of carbonyl (C=O) groups is 1. The predicted molar refractivity (Wildman–Crippen MR) is 121 cm³/mol. The van der Waals surface area contributed by atoms with E-state index in [1.165, 1.54) is 122 Å². The topological polar surface area (TPSA) is 37.3 Å². The van der Waals surface area contributed by atoms with E-state index in [1.807, 2.05) is 0 Å². The Bertz CT molecular complexity index is 282. The summed E-state index contributed by atoms with van der Waals surface area (Å²) in [5, 5.41) is 8.57. The zero-order chi connectivity index (χ0) is 19.1. The average molecular weight is 456 g/mol. The van der Waals surface area contributed by atoms with E-state index in [1.54, 1.807) is 0 Å². The first kappa shape index (κ1) is 30.1. The van der Waals surface area contributed by atoms with E-state index in [0.29, 0.717) is 6.42 Å². The van der Waals surface area contributed by atoms with Gasteiger partial charge in [-0.15, -0.1) is 0 Å². The Morgan fingerprint density at radius 2 is 0.704 bits per heavy atom. The molecule has 0 atom stereocenters. The first-order valence-corrected chi connectivity index (χ1v) is 12.0. The summed E-state index contributed by atoms with van der Waals surface area (Å²) in [5.74, 6) is -0.650. The van der Waals surface area contributed by atoms with Gasteiger partial charge in [-0.25, -0.2) is 0 Å². The number of carboxylic acids is 1. The van der Waals surface area contributed by atoms with Crippen LogP contribution in [-0.4, -0.2) is 56.6 Å². The molecular formula is C24H48O2Sr. The molecule has 0 spiro atoms. The molecule has 0 saturated heterocycles. The number of unbranched alkanes of at least 4 members (excludes halogenated alkanes) is 20. The molecule has 0 aromatic rings. The van der Waals surface area contributed by atoms with Crippen molar-refractivity contribution in [3.8, 4) is 0 Å². The van der Waals surface area contributed by atoms with Crippen LogP contribution in [0.1, 0.15) is 148 Å². The molecule has 0 amide bonds. The smallest absolute Gasteiger partial charge is 0.303 e. The minimum atomic E-state index is -0.650. The van der Waals surface area contributed by atoms with Crippen molar-refractivity contribution in [1.82, 2.24) is 0 Å². The quantitative estimate of drug-likeness (QED) is 0.131. The van der Waals surface area contributed by atoms with Gasteiger partial charge in [-0.05, 0) is 6.42 Å². The van der Waals surface area contributed by atoms with Crippen molar-refractivity contribution in [3.63, 3.8) is 0 Å². The minimum Gasteiger partial charge on any atom is -0.481 e. The summed E-state index contributed by atoms with van der Waals surface area (Å²) in [6, 6.07) is 0. The molecule has 0 unspecified atom stereocenters. The molecule has 0 saturated carbocycles. The molecule has 2 radical (unpaired) electrons. The van der Waals surface area contributed by atoms with Crippen LogP contribution in [0.3, 0.4) is 0 Å². The van der Waals surface area contributed by atoms with Crippen LogP contribution in [0.15, 0.2) is 0 Å². The van der Waals surface area contributed by atoms with Crippen LogP contribution in [0.4, 0.5) is 0 Å². The molecular weight excluding hydrogens is 408 g/mol. The first-order chi connectivity index (χ1) is 12.8. The maximum Gasteiger partial charge on any atom is 0.303 e. The average Bonchev–Trinajstić information content (AvgIpc) is 2.62. The molecule has 0 aliphatic heterocycles. The molecule has 2 nitrogen and oxygen atoms in total. The third kappa shape index (κ3) is 29.2. The Morgan fingerprint density at radius 3 is 0.926 bits per heavy atom. The Morgan fingerprint density at radius 1 is 0.481 bits per heavy atom. The van der Waals surface area contributed by atoms with Gasteiger partial charge in [-0.2, -0.15) is 0 Å². The molecule has 0 fully saturated rings. The number of rotatable bonds is 22. The molecule has 158 valence electrons. The van der Waals surface area contributed by atoms with Crippen molar-refractivity contribution in [2.45, 2.75) is 148 Å². The number of aliphatic carboxylic acids is 1. The van der Waals surface area contributed by atoms with Gasteiger partial charge in [0.15, 0.2) is 0 Å². The van der Waals surface area contributed by atoms with E-state index in [4.69, 9.17) is 5.11 Å². The van der Waals surface area contributed by atoms with Crippen molar-refractivity contribution in [3.05, 3.63) is 0 Å². The Kier molecular flexibility index (Phi) is 30.1. The van der Waals surface area contributed by atoms with Crippen LogP contribution in [-0.2, 0) is 4.79 Å². The fourth-order valence-corrected chi connectivity index (χ4v) is 3.71. The summed E-state index contributed by atoms with van der Waals surface area (Å²) in [7, 11) is 0. The first-order valence-electron chi connectivity index (χ1n) is 12.0. The largest absolute Gasteiger partial charge is 0.481 e. The van der Waals surface area contributed by atoms with E-state index in [9.17, 15) is 4.79 Å². The number of carboxylic acid groups (broad SMARTS) is 1. The monoisotopic (exact) mass is 456 g/mol. The van der Waals surface area contributed by atoms with Gasteiger partial charge in [-0.3, -0.25) is 4.79 Å². The Balaban J connectivity index is 0. The molecule has 27 heavy (non-hydrogen) atoms. The summed E-state index contributed by atoms with van der Waals surface area (Å²) in [6.07, 6.45) is 29.1. The van der Waals surface area contributed by atoms with Crippen LogP contribution in [0.2, 0.25) is 0 Å². The Labute approximate surface area is 207 Å². The second kappa shape index (κ2) is 27.0. The minimum absolute atomic E-state index is 0. The molecule has 0 aromatic heterocycles. The van der Waals surface area contributed by atoms with Gasteiger partial charge in [0.2, 0.25) is 0 Å². The van der Waals surface area contributed by atoms with Crippen LogP contribution < -0.4 is 0 Å². The summed E-state index contributed by atoms with van der Waals surface area (Å²) in [5.41, 5.74) is 0. The predicted octanol–water partition coefficient (Wildman–Crippen LogP) is 8.29. The molecule has 0 bridgehead atoms. The third-order valence-electron chi connectivity index (χ3n) is 5.49. The van der Waals surface area contributed by atoms with Crippen LogP contribution >= 0.6 is 0 Å². The van der Waals surface area contributed by atoms with Crippen molar-refractivity contribution in [2.75, 3.05) is 0 Å². The van der Waals surface area contributed by atoms with Gasteiger partial charge in [0.05, 0.1) is 0 Å². The normalized spacial score (nSPS) is 10.7. The second-order valence-corrected chi connectivity index (χ2v) is 8.21. The third-order valence-corrected chi connectivity index (χ3v) is 5.49. The van der Waals surface area contributed by atoms with Gasteiger partial charge in [0, 0.05) is 51.9 Å². The summed E-state index contributed by atoms with van der Waals surface area (Å²) in [4.78, 5) is 10.4. The molecule has 3 heteroatoms. The SMILES string of the molecule is CCCCCCCCCCCCCCCCCCCCCCCC(=O)O.[Sr]. The van der Waals surface area contributed by atoms with Gasteiger partial charge < -0.3 is 5.11 Å². The summed E-state index contributed by atoms with van der Waals surface area (Å²) >= 11 is 0. The van der Waals surface area contributed by atoms with Crippen LogP contribution in [0.5, 0.6) is 0 Å². The van der Waals surface area contributed by atoms with E-state index < -0.39 is 5.97 Å². The van der Waals surface area contributed by atoms with Crippen LogP contribution in [0.25, 0.3) is 0 Å². The zero-order valence-corrected chi connectivity index (χ0v) is 22.1. The molecule has 0 aromatic carbocycles. The standard InChI is InChI=1S/C24H48O2.Sr/c1-2-3-4-5-6-7-8-9-10-11-12-13-14-15-16-17-18-19-20-21-22-23-24(25)26;/h2-23H2,1H3,(H,25,26);. The van der Waals surface area contributed by atoms with Gasteiger partial charge in [-0.1, -0.05) is 135 Å². The fraction of sp³-hybridized carbons (Fsp3) is 0.958. The van der Waals surface area contributed by atoms with Crippen LogP contribution in [0, 0.1) is 0 Å². The zero-order valence-electron chi connectivity index (χ0n) is 18.6. The number of hydrogen-bond donors (Lipinski definition) is 1. The van der Waals surface area contributed by atoms with Crippen molar-refractivity contribution in [1.29, 1.82) is 0 Å².